The van der Waals surface area contributed by atoms with Crippen molar-refractivity contribution in [3.8, 4) is 0 Å². The molecule has 0 bridgehead atoms. The number of carbonyl (C=O) groups is 3. The Labute approximate surface area is 184 Å². The summed E-state index contributed by atoms with van der Waals surface area (Å²) in [6.07, 6.45) is 4.46. The molecule has 2 atom stereocenters. The van der Waals surface area contributed by atoms with E-state index < -0.39 is 11.6 Å². The van der Waals surface area contributed by atoms with E-state index in [1.165, 1.54) is 12.0 Å². The van der Waals surface area contributed by atoms with Crippen molar-refractivity contribution in [2.45, 2.75) is 64.6 Å². The van der Waals surface area contributed by atoms with Gasteiger partial charge < -0.3 is 10.6 Å². The first-order valence-electron chi connectivity index (χ1n) is 11.6. The van der Waals surface area contributed by atoms with Gasteiger partial charge in [-0.1, -0.05) is 51.0 Å². The molecule has 1 aromatic rings. The molecule has 1 aromatic carbocycles. The Morgan fingerprint density at radius 1 is 1.10 bits per heavy atom. The second-order valence-electron chi connectivity index (χ2n) is 9.80. The summed E-state index contributed by atoms with van der Waals surface area (Å²) >= 11 is 0. The normalized spacial score (nSPS) is 25.8. The fourth-order valence-electron chi connectivity index (χ4n) is 5.58. The third-order valence-corrected chi connectivity index (χ3v) is 6.94. The summed E-state index contributed by atoms with van der Waals surface area (Å²) in [7, 11) is 0. The molecule has 2 saturated heterocycles. The fourth-order valence-corrected chi connectivity index (χ4v) is 5.58. The minimum absolute atomic E-state index is 0.226. The van der Waals surface area contributed by atoms with Crippen LogP contribution in [0.2, 0.25) is 0 Å². The van der Waals surface area contributed by atoms with E-state index in [0.29, 0.717) is 31.2 Å². The van der Waals surface area contributed by atoms with E-state index in [0.717, 1.165) is 42.9 Å². The van der Waals surface area contributed by atoms with E-state index in [2.05, 4.69) is 35.4 Å². The number of likely N-dealkylation sites (tertiary alicyclic amines) is 1. The largest absolute Gasteiger partial charge is 0.350 e. The minimum atomic E-state index is -0.771. The maximum atomic E-state index is 12.7. The van der Waals surface area contributed by atoms with Gasteiger partial charge in [0.25, 0.3) is 5.91 Å². The van der Waals surface area contributed by atoms with Crippen molar-refractivity contribution >= 4 is 17.8 Å². The van der Waals surface area contributed by atoms with Crippen LogP contribution in [0.3, 0.4) is 0 Å². The second kappa shape index (κ2) is 8.99. The maximum Gasteiger partial charge on any atom is 0.325 e. The van der Waals surface area contributed by atoms with Crippen LogP contribution in [0.5, 0.6) is 0 Å². The van der Waals surface area contributed by atoms with Gasteiger partial charge in [0, 0.05) is 26.2 Å². The van der Waals surface area contributed by atoms with Gasteiger partial charge >= 0.3 is 6.03 Å². The molecule has 2 aliphatic heterocycles. The van der Waals surface area contributed by atoms with Gasteiger partial charge in [0.05, 0.1) is 0 Å². The number of rotatable bonds is 6. The Kier molecular flexibility index (Phi) is 6.32. The molecular formula is C24H34N4O3. The average Bonchev–Trinajstić information content (AvgIpc) is 3.27. The molecule has 1 saturated carbocycles. The van der Waals surface area contributed by atoms with Crippen molar-refractivity contribution in [3.05, 3.63) is 35.4 Å². The summed E-state index contributed by atoms with van der Waals surface area (Å²) < 4.78 is 0. The Morgan fingerprint density at radius 2 is 1.74 bits per heavy atom. The van der Waals surface area contributed by atoms with Crippen molar-refractivity contribution in [1.29, 1.82) is 0 Å². The van der Waals surface area contributed by atoms with Gasteiger partial charge in [0.15, 0.2) is 0 Å². The van der Waals surface area contributed by atoms with Crippen molar-refractivity contribution in [3.63, 3.8) is 0 Å². The smallest absolute Gasteiger partial charge is 0.325 e. The number of piperidine rings is 1. The van der Waals surface area contributed by atoms with E-state index in [1.54, 1.807) is 0 Å². The number of amides is 4. The number of carbonyl (C=O) groups excluding carboxylic acids is 3. The lowest BCUT2D eigenvalue weighted by molar-refractivity contribution is -0.134. The van der Waals surface area contributed by atoms with Crippen LogP contribution in [0.15, 0.2) is 24.3 Å². The number of hydrogen-bond donors (Lipinski definition) is 2. The number of benzene rings is 1. The lowest BCUT2D eigenvalue weighted by atomic mass is 9.91. The van der Waals surface area contributed by atoms with Crippen molar-refractivity contribution in [2.24, 2.45) is 11.8 Å². The second-order valence-corrected chi connectivity index (χ2v) is 9.80. The molecule has 7 nitrogen and oxygen atoms in total. The first-order chi connectivity index (χ1) is 14.9. The standard InChI is InChI=1S/C24H34N4O3/c1-17-11-18(2)14-27(13-17)15-20-8-4-3-7-19(20)12-25-21(29)16-28-22(30)24(26-23(28)31)9-5-6-10-24/h3-4,7-8,17-18H,5-6,9-16H2,1-2H3,(H,25,29)(H,26,31)/t17-,18-/m0/s1. The van der Waals surface area contributed by atoms with Gasteiger partial charge in [-0.3, -0.25) is 19.4 Å². The van der Waals surface area contributed by atoms with Crippen LogP contribution in [0.25, 0.3) is 0 Å². The molecule has 31 heavy (non-hydrogen) atoms. The molecule has 1 aliphatic carbocycles. The lowest BCUT2D eigenvalue weighted by Crippen LogP contribution is -2.45. The molecule has 2 heterocycles. The van der Waals surface area contributed by atoms with Gasteiger partial charge in [0.2, 0.25) is 5.91 Å². The highest BCUT2D eigenvalue weighted by Gasteiger charge is 2.52. The van der Waals surface area contributed by atoms with Crippen molar-refractivity contribution in [1.82, 2.24) is 20.4 Å². The molecule has 0 unspecified atom stereocenters. The minimum Gasteiger partial charge on any atom is -0.350 e. The van der Waals surface area contributed by atoms with Crippen LogP contribution in [0.4, 0.5) is 4.79 Å². The first-order valence-corrected chi connectivity index (χ1v) is 11.6. The summed E-state index contributed by atoms with van der Waals surface area (Å²) in [4.78, 5) is 41.2. The summed E-state index contributed by atoms with van der Waals surface area (Å²) in [6.45, 7) is 7.84. The van der Waals surface area contributed by atoms with Crippen LogP contribution in [-0.2, 0) is 22.7 Å². The summed E-state index contributed by atoms with van der Waals surface area (Å²) in [5.74, 6) is 0.832. The van der Waals surface area contributed by atoms with Crippen LogP contribution < -0.4 is 10.6 Å². The first kappa shape index (κ1) is 21.8. The lowest BCUT2D eigenvalue weighted by Gasteiger charge is -2.35. The average molecular weight is 427 g/mol. The summed E-state index contributed by atoms with van der Waals surface area (Å²) in [6, 6.07) is 7.72. The predicted molar refractivity (Wildman–Crippen MR) is 118 cm³/mol. The number of nitrogens with zero attached hydrogens (tertiary/aromatic N) is 2. The van der Waals surface area contributed by atoms with Crippen LogP contribution in [0.1, 0.15) is 57.1 Å². The van der Waals surface area contributed by atoms with Crippen LogP contribution in [0, 0.1) is 11.8 Å². The van der Waals surface area contributed by atoms with Crippen molar-refractivity contribution in [2.75, 3.05) is 19.6 Å². The van der Waals surface area contributed by atoms with Crippen LogP contribution >= 0.6 is 0 Å². The number of hydrogen-bond acceptors (Lipinski definition) is 4. The van der Waals surface area contributed by atoms with E-state index in [1.807, 2.05) is 18.2 Å². The predicted octanol–water partition coefficient (Wildman–Crippen LogP) is 2.65. The molecule has 3 fully saturated rings. The van der Waals surface area contributed by atoms with E-state index >= 15 is 0 Å². The van der Waals surface area contributed by atoms with Crippen molar-refractivity contribution < 1.29 is 14.4 Å². The summed E-state index contributed by atoms with van der Waals surface area (Å²) in [5, 5.41) is 5.73. The van der Waals surface area contributed by atoms with E-state index in [4.69, 9.17) is 0 Å². The highest BCUT2D eigenvalue weighted by molar-refractivity contribution is 6.09. The zero-order chi connectivity index (χ0) is 22.0. The molecule has 0 radical (unpaired) electrons. The highest BCUT2D eigenvalue weighted by Crippen LogP contribution is 2.34. The van der Waals surface area contributed by atoms with Gasteiger partial charge in [-0.2, -0.15) is 0 Å². The van der Waals surface area contributed by atoms with Crippen LogP contribution in [-0.4, -0.2) is 52.8 Å². The molecule has 168 valence electrons. The molecule has 7 heteroatoms. The molecule has 0 aromatic heterocycles. The van der Waals surface area contributed by atoms with Gasteiger partial charge in [-0.15, -0.1) is 0 Å². The fraction of sp³-hybridized carbons (Fsp3) is 0.625. The monoisotopic (exact) mass is 426 g/mol. The Balaban J connectivity index is 1.34. The van der Waals surface area contributed by atoms with Gasteiger partial charge in [0.1, 0.15) is 12.1 Å². The Hall–Kier alpha value is -2.41. The molecule has 4 rings (SSSR count). The topological polar surface area (TPSA) is 81.8 Å². The number of urea groups is 1. The molecule has 2 N–H and O–H groups in total. The molecular weight excluding hydrogens is 392 g/mol. The maximum absolute atomic E-state index is 12.7. The van der Waals surface area contributed by atoms with Gasteiger partial charge in [-0.25, -0.2) is 4.79 Å². The summed E-state index contributed by atoms with van der Waals surface area (Å²) in [5.41, 5.74) is 1.52. The Bertz CT molecular complexity index is 839. The third kappa shape index (κ3) is 4.76. The quantitative estimate of drug-likeness (QED) is 0.685. The highest BCUT2D eigenvalue weighted by atomic mass is 16.2. The van der Waals surface area contributed by atoms with E-state index in [-0.39, 0.29) is 18.4 Å². The third-order valence-electron chi connectivity index (χ3n) is 6.94. The molecule has 3 aliphatic rings. The Morgan fingerprint density at radius 3 is 2.42 bits per heavy atom. The number of imide groups is 1. The zero-order valence-corrected chi connectivity index (χ0v) is 18.7. The molecule has 1 spiro atoms. The molecule has 4 amide bonds. The van der Waals surface area contributed by atoms with E-state index in [9.17, 15) is 14.4 Å². The zero-order valence-electron chi connectivity index (χ0n) is 18.7. The van der Waals surface area contributed by atoms with Gasteiger partial charge in [-0.05, 0) is 42.2 Å². The number of nitrogens with one attached hydrogen (secondary N) is 2. The SMILES string of the molecule is C[C@H]1C[C@H](C)CN(Cc2ccccc2CNC(=O)CN2C(=O)NC3(CCCC3)C2=O)C1.